The zero-order chi connectivity index (χ0) is 12.8. The van der Waals surface area contributed by atoms with Crippen LogP contribution < -0.4 is 10.1 Å². The molecule has 2 heterocycles. The van der Waals surface area contributed by atoms with Crippen molar-refractivity contribution < 1.29 is 17.9 Å². The molecule has 3 nitrogen and oxygen atoms in total. The average molecular weight is 295 g/mol. The van der Waals surface area contributed by atoms with Crippen molar-refractivity contribution in [2.45, 2.75) is 6.18 Å². The molecule has 0 radical (unpaired) electrons. The van der Waals surface area contributed by atoms with Crippen molar-refractivity contribution >= 4 is 12.4 Å². The lowest BCUT2D eigenvalue weighted by Crippen LogP contribution is -2.18. The molecule has 1 unspecified atom stereocenters. The molecule has 1 saturated heterocycles. The summed E-state index contributed by atoms with van der Waals surface area (Å²) >= 11 is 0. The van der Waals surface area contributed by atoms with Gasteiger partial charge in [0.15, 0.2) is 0 Å². The quantitative estimate of drug-likeness (QED) is 0.929. The Hall–Kier alpha value is -1.01. The minimum atomic E-state index is -4.41. The maximum atomic E-state index is 12.7. The summed E-state index contributed by atoms with van der Waals surface area (Å²) < 4.78 is 43.3. The van der Waals surface area contributed by atoms with Crippen LogP contribution in [0.3, 0.4) is 0 Å². The third-order valence-corrected chi connectivity index (χ3v) is 3.76. The van der Waals surface area contributed by atoms with Crippen molar-refractivity contribution in [1.29, 1.82) is 0 Å². The highest BCUT2D eigenvalue weighted by atomic mass is 35.5. The van der Waals surface area contributed by atoms with Crippen LogP contribution in [0.2, 0.25) is 0 Å². The molecule has 0 spiro atoms. The molecule has 0 bridgehead atoms. The first-order valence-corrected chi connectivity index (χ1v) is 5.93. The number of hydrogen-bond acceptors (Lipinski definition) is 3. The van der Waals surface area contributed by atoms with Crippen LogP contribution in [-0.2, 0) is 6.18 Å². The first-order chi connectivity index (χ1) is 8.57. The van der Waals surface area contributed by atoms with E-state index in [1.54, 1.807) is 0 Å². The van der Waals surface area contributed by atoms with Gasteiger partial charge in [-0.1, -0.05) is 0 Å². The number of ether oxygens (including phenoxy) is 1. The largest absolute Gasteiger partial charge is 0.477 e. The summed E-state index contributed by atoms with van der Waals surface area (Å²) in [5.41, 5.74) is -0.797. The zero-order valence-electron chi connectivity index (χ0n) is 9.98. The molecule has 1 aromatic rings. The second-order valence-corrected chi connectivity index (χ2v) is 4.81. The Morgan fingerprint density at radius 3 is 2.63 bits per heavy atom. The van der Waals surface area contributed by atoms with E-state index < -0.39 is 11.7 Å². The van der Waals surface area contributed by atoms with Crippen molar-refractivity contribution in [2.75, 3.05) is 19.7 Å². The Kier molecular flexibility index (Phi) is 3.92. The van der Waals surface area contributed by atoms with Crippen molar-refractivity contribution in [1.82, 2.24) is 10.3 Å². The predicted octanol–water partition coefficient (Wildman–Crippen LogP) is 2.37. The summed E-state index contributed by atoms with van der Waals surface area (Å²) in [5.74, 6) is 1.23. The maximum absolute atomic E-state index is 12.7. The van der Waals surface area contributed by atoms with Gasteiger partial charge in [0.25, 0.3) is 0 Å². The number of fused-ring (bicyclic) bond motifs is 1. The number of halogens is 4. The molecule has 2 fully saturated rings. The molecule has 2 aliphatic rings. The predicted molar refractivity (Wildman–Crippen MR) is 65.3 cm³/mol. The Labute approximate surface area is 115 Å². The molecule has 1 N–H and O–H groups in total. The van der Waals surface area contributed by atoms with Crippen molar-refractivity contribution in [2.24, 2.45) is 17.8 Å². The molecule has 1 aromatic heterocycles. The lowest BCUT2D eigenvalue weighted by molar-refractivity contribution is -0.139. The number of nitrogens with zero attached hydrogens (tertiary/aromatic N) is 1. The molecular weight excluding hydrogens is 281 g/mol. The number of rotatable bonds is 3. The molecule has 3 atom stereocenters. The summed E-state index contributed by atoms with van der Waals surface area (Å²) in [7, 11) is 0. The topological polar surface area (TPSA) is 34.1 Å². The maximum Gasteiger partial charge on any atom is 0.421 e. The fourth-order valence-electron chi connectivity index (χ4n) is 2.69. The first-order valence-electron chi connectivity index (χ1n) is 5.93. The first kappa shape index (κ1) is 14.4. The molecule has 0 aromatic carbocycles. The summed E-state index contributed by atoms with van der Waals surface area (Å²) in [6.45, 7) is 2.23. The molecule has 1 aliphatic heterocycles. The van der Waals surface area contributed by atoms with Crippen LogP contribution >= 0.6 is 12.4 Å². The fourth-order valence-corrected chi connectivity index (χ4v) is 2.69. The summed E-state index contributed by atoms with van der Waals surface area (Å²) in [4.78, 5) is 3.68. The van der Waals surface area contributed by atoms with Crippen LogP contribution in [-0.4, -0.2) is 24.7 Å². The van der Waals surface area contributed by atoms with Gasteiger partial charge < -0.3 is 10.1 Å². The van der Waals surface area contributed by atoms with E-state index in [2.05, 4.69) is 10.3 Å². The van der Waals surface area contributed by atoms with E-state index in [4.69, 9.17) is 4.74 Å². The van der Waals surface area contributed by atoms with Gasteiger partial charge in [0.05, 0.1) is 6.61 Å². The highest BCUT2D eigenvalue weighted by Gasteiger charge is 2.53. The SMILES string of the molecule is Cl.FC(F)(F)c1cccnc1OCC1[C@H]2CNC[C@@H]12. The summed E-state index contributed by atoms with van der Waals surface area (Å²) in [6.07, 6.45) is -3.09. The molecule has 7 heteroatoms. The minimum Gasteiger partial charge on any atom is -0.477 e. The van der Waals surface area contributed by atoms with E-state index in [0.29, 0.717) is 24.4 Å². The van der Waals surface area contributed by atoms with E-state index in [9.17, 15) is 13.2 Å². The minimum absolute atomic E-state index is 0. The average Bonchev–Trinajstić information content (AvgIpc) is 2.77. The number of piperidine rings is 1. The van der Waals surface area contributed by atoms with E-state index in [1.165, 1.54) is 12.3 Å². The third kappa shape index (κ3) is 2.79. The van der Waals surface area contributed by atoms with E-state index in [1.807, 2.05) is 0 Å². The molecule has 1 saturated carbocycles. The van der Waals surface area contributed by atoms with E-state index >= 15 is 0 Å². The molecule has 106 valence electrons. The van der Waals surface area contributed by atoms with Crippen LogP contribution in [0.1, 0.15) is 5.56 Å². The van der Waals surface area contributed by atoms with Crippen molar-refractivity contribution in [3.8, 4) is 5.88 Å². The van der Waals surface area contributed by atoms with Gasteiger partial charge in [-0.2, -0.15) is 13.2 Å². The fraction of sp³-hybridized carbons (Fsp3) is 0.583. The number of aromatic nitrogens is 1. The Bertz CT molecular complexity index is 445. The smallest absolute Gasteiger partial charge is 0.421 e. The van der Waals surface area contributed by atoms with Gasteiger partial charge in [0, 0.05) is 12.1 Å². The highest BCUT2D eigenvalue weighted by molar-refractivity contribution is 5.85. The van der Waals surface area contributed by atoms with Crippen molar-refractivity contribution in [3.63, 3.8) is 0 Å². The number of alkyl halides is 3. The van der Waals surface area contributed by atoms with E-state index in [0.717, 1.165) is 19.2 Å². The molecule has 0 amide bonds. The number of nitrogens with one attached hydrogen (secondary N) is 1. The van der Waals surface area contributed by atoms with Crippen LogP contribution in [0.5, 0.6) is 5.88 Å². The normalized spacial score (nSPS) is 28.5. The lowest BCUT2D eigenvalue weighted by Gasteiger charge is -2.13. The van der Waals surface area contributed by atoms with Gasteiger partial charge in [0.1, 0.15) is 5.56 Å². The van der Waals surface area contributed by atoms with E-state index in [-0.39, 0.29) is 18.3 Å². The summed E-state index contributed by atoms with van der Waals surface area (Å²) in [5, 5.41) is 3.23. The zero-order valence-corrected chi connectivity index (χ0v) is 10.8. The molecular formula is C12H14ClF3N2O. The molecule has 3 rings (SSSR count). The van der Waals surface area contributed by atoms with Crippen LogP contribution in [0.15, 0.2) is 18.3 Å². The highest BCUT2D eigenvalue weighted by Crippen LogP contribution is 2.48. The second kappa shape index (κ2) is 5.17. The molecule has 19 heavy (non-hydrogen) atoms. The number of pyridine rings is 1. The van der Waals surface area contributed by atoms with Crippen LogP contribution in [0.25, 0.3) is 0 Å². The van der Waals surface area contributed by atoms with Gasteiger partial charge >= 0.3 is 6.18 Å². The Morgan fingerprint density at radius 1 is 1.32 bits per heavy atom. The second-order valence-electron chi connectivity index (χ2n) is 4.81. The lowest BCUT2D eigenvalue weighted by atomic mass is 10.2. The summed E-state index contributed by atoms with van der Waals surface area (Å²) in [6, 6.07) is 2.27. The Balaban J connectivity index is 0.00000133. The Morgan fingerprint density at radius 2 is 2.00 bits per heavy atom. The van der Waals surface area contributed by atoms with Gasteiger partial charge in [-0.15, -0.1) is 12.4 Å². The van der Waals surface area contributed by atoms with Crippen LogP contribution in [0.4, 0.5) is 13.2 Å². The van der Waals surface area contributed by atoms with Gasteiger partial charge in [-0.05, 0) is 37.1 Å². The molecule has 1 aliphatic carbocycles. The van der Waals surface area contributed by atoms with Gasteiger partial charge in [0.2, 0.25) is 5.88 Å². The van der Waals surface area contributed by atoms with Gasteiger partial charge in [-0.3, -0.25) is 0 Å². The van der Waals surface area contributed by atoms with Gasteiger partial charge in [-0.25, -0.2) is 4.98 Å². The standard InChI is InChI=1S/C12H13F3N2O.ClH/c13-12(14,15)10-2-1-3-17-11(10)18-6-9-7-4-16-5-8(7)9;/h1-3,7-9,16H,4-6H2;1H/t7-,8+,9?;. The van der Waals surface area contributed by atoms with Crippen molar-refractivity contribution in [3.05, 3.63) is 23.9 Å². The monoisotopic (exact) mass is 294 g/mol. The third-order valence-electron chi connectivity index (χ3n) is 3.76. The van der Waals surface area contributed by atoms with Crippen LogP contribution in [0, 0.1) is 17.8 Å². The number of hydrogen-bond donors (Lipinski definition) is 1.